The second-order valence-electron chi connectivity index (χ2n) is 3.05. The minimum atomic E-state index is -4.03. The first-order valence-electron chi connectivity index (χ1n) is 4.39. The number of nitrogens with zero attached hydrogens (tertiary/aromatic N) is 1. The number of hydrogen-bond donors (Lipinski definition) is 0. The maximum atomic E-state index is 11.4. The molecular formula is C9H4Cl3NO3S2. The molecule has 0 aliphatic rings. The van der Waals surface area contributed by atoms with Gasteiger partial charge in [-0.05, 0) is 12.1 Å². The Morgan fingerprint density at radius 2 is 2.00 bits per heavy atom. The van der Waals surface area contributed by atoms with Gasteiger partial charge in [0, 0.05) is 27.3 Å². The Morgan fingerprint density at radius 3 is 2.56 bits per heavy atom. The van der Waals surface area contributed by atoms with Crippen molar-refractivity contribution in [2.75, 3.05) is 0 Å². The molecule has 0 atom stereocenters. The highest BCUT2D eigenvalue weighted by atomic mass is 35.7. The molecule has 1 heterocycles. The lowest BCUT2D eigenvalue weighted by atomic mass is 10.3. The molecule has 0 bridgehead atoms. The van der Waals surface area contributed by atoms with E-state index in [1.807, 2.05) is 0 Å². The van der Waals surface area contributed by atoms with Crippen LogP contribution in [0.15, 0.2) is 28.6 Å². The van der Waals surface area contributed by atoms with Crippen molar-refractivity contribution in [2.24, 2.45) is 0 Å². The van der Waals surface area contributed by atoms with Crippen molar-refractivity contribution in [2.45, 2.75) is 4.90 Å². The minimum Gasteiger partial charge on any atom is -0.428 e. The van der Waals surface area contributed by atoms with Crippen molar-refractivity contribution in [3.8, 4) is 10.9 Å². The van der Waals surface area contributed by atoms with Gasteiger partial charge in [-0.15, -0.1) is 0 Å². The normalized spacial score (nSPS) is 11.5. The van der Waals surface area contributed by atoms with Crippen LogP contribution in [0.2, 0.25) is 10.0 Å². The van der Waals surface area contributed by atoms with Gasteiger partial charge in [-0.2, -0.15) is 0 Å². The summed E-state index contributed by atoms with van der Waals surface area (Å²) in [5.74, 6) is -0.0917. The van der Waals surface area contributed by atoms with Crippen molar-refractivity contribution >= 4 is 54.3 Å². The van der Waals surface area contributed by atoms with Crippen LogP contribution in [0.5, 0.6) is 10.9 Å². The number of hydrogen-bond acceptors (Lipinski definition) is 5. The molecule has 0 saturated carbocycles. The molecule has 0 saturated heterocycles. The van der Waals surface area contributed by atoms with Gasteiger partial charge in [0.05, 0.1) is 5.02 Å². The lowest BCUT2D eigenvalue weighted by Gasteiger charge is -2.09. The third-order valence-electron chi connectivity index (χ3n) is 1.84. The average Bonchev–Trinajstić information content (AvgIpc) is 2.72. The molecule has 0 fully saturated rings. The topological polar surface area (TPSA) is 56.3 Å². The van der Waals surface area contributed by atoms with Crippen LogP contribution in [0.4, 0.5) is 0 Å². The van der Waals surface area contributed by atoms with Crippen LogP contribution < -0.4 is 4.74 Å². The highest BCUT2D eigenvalue weighted by Crippen LogP contribution is 2.39. The van der Waals surface area contributed by atoms with Crippen LogP contribution in [-0.2, 0) is 9.05 Å². The number of aromatic nitrogens is 1. The van der Waals surface area contributed by atoms with Gasteiger partial charge in [0.1, 0.15) is 4.90 Å². The van der Waals surface area contributed by atoms with Crippen LogP contribution in [0.3, 0.4) is 0 Å². The molecule has 0 aliphatic carbocycles. The van der Waals surface area contributed by atoms with Crippen molar-refractivity contribution in [1.82, 2.24) is 4.98 Å². The summed E-state index contributed by atoms with van der Waals surface area (Å²) in [4.78, 5) is 3.57. The Morgan fingerprint density at radius 1 is 1.28 bits per heavy atom. The van der Waals surface area contributed by atoms with E-state index in [2.05, 4.69) is 4.98 Å². The first-order chi connectivity index (χ1) is 8.38. The zero-order valence-corrected chi connectivity index (χ0v) is 12.3. The molecule has 1 aromatic heterocycles. The van der Waals surface area contributed by atoms with E-state index in [-0.39, 0.29) is 25.9 Å². The quantitative estimate of drug-likeness (QED) is 0.784. The van der Waals surface area contributed by atoms with Crippen molar-refractivity contribution in [3.63, 3.8) is 0 Å². The number of benzene rings is 1. The van der Waals surface area contributed by atoms with Crippen molar-refractivity contribution < 1.29 is 13.2 Å². The molecule has 2 aromatic rings. The molecule has 0 aliphatic heterocycles. The molecule has 1 aromatic carbocycles. The summed E-state index contributed by atoms with van der Waals surface area (Å²) in [5, 5.41) is 2.11. The lowest BCUT2D eigenvalue weighted by Crippen LogP contribution is -1.96. The highest BCUT2D eigenvalue weighted by Gasteiger charge is 2.22. The van der Waals surface area contributed by atoms with Crippen LogP contribution in [0.25, 0.3) is 0 Å². The third-order valence-corrected chi connectivity index (χ3v) is 4.31. The molecule has 0 amide bonds. The fourth-order valence-electron chi connectivity index (χ4n) is 1.16. The Hall–Kier alpha value is -0.530. The van der Waals surface area contributed by atoms with E-state index < -0.39 is 9.05 Å². The molecule has 9 heteroatoms. The van der Waals surface area contributed by atoms with E-state index >= 15 is 0 Å². The van der Waals surface area contributed by atoms with Gasteiger partial charge in [-0.1, -0.05) is 34.5 Å². The Kier molecular flexibility index (Phi) is 4.03. The molecule has 96 valence electrons. The van der Waals surface area contributed by atoms with Crippen molar-refractivity contribution in [3.05, 3.63) is 33.8 Å². The molecule has 0 radical (unpaired) electrons. The second kappa shape index (κ2) is 5.22. The maximum Gasteiger partial charge on any atom is 0.278 e. The zero-order valence-electron chi connectivity index (χ0n) is 8.43. The number of ether oxygens (including phenoxy) is 1. The summed E-state index contributed by atoms with van der Waals surface area (Å²) in [6, 6.07) is 2.52. The highest BCUT2D eigenvalue weighted by molar-refractivity contribution is 8.13. The van der Waals surface area contributed by atoms with Crippen LogP contribution in [0, 0.1) is 0 Å². The van der Waals surface area contributed by atoms with Crippen molar-refractivity contribution in [1.29, 1.82) is 0 Å². The number of thiazole rings is 1. The second-order valence-corrected chi connectivity index (χ2v) is 7.29. The fraction of sp³-hybridized carbons (Fsp3) is 0. The van der Waals surface area contributed by atoms with E-state index in [4.69, 9.17) is 38.6 Å². The minimum absolute atomic E-state index is 0.0388. The lowest BCUT2D eigenvalue weighted by molar-refractivity contribution is 0.465. The summed E-state index contributed by atoms with van der Waals surface area (Å²) in [7, 11) is 1.28. The van der Waals surface area contributed by atoms with Crippen LogP contribution in [0.1, 0.15) is 0 Å². The van der Waals surface area contributed by atoms with Crippen LogP contribution >= 0.6 is 45.2 Å². The predicted molar refractivity (Wildman–Crippen MR) is 71.7 cm³/mol. The Balaban J connectivity index is 2.58. The summed E-state index contributed by atoms with van der Waals surface area (Å²) in [6.07, 6.45) is 1.51. The van der Waals surface area contributed by atoms with E-state index in [0.29, 0.717) is 0 Å². The SMILES string of the molecule is O=S(=O)(Cl)c1cc(Cl)cc(Cl)c1Oc1nccs1. The first kappa shape index (κ1) is 13.9. The predicted octanol–water partition coefficient (Wildman–Crippen LogP) is 4.17. The molecule has 4 nitrogen and oxygen atoms in total. The molecule has 0 spiro atoms. The fourth-order valence-corrected chi connectivity index (χ4v) is 3.29. The maximum absolute atomic E-state index is 11.4. The largest absolute Gasteiger partial charge is 0.428 e. The van der Waals surface area contributed by atoms with Gasteiger partial charge >= 0.3 is 0 Å². The average molecular weight is 345 g/mol. The van der Waals surface area contributed by atoms with Crippen LogP contribution in [-0.4, -0.2) is 13.4 Å². The molecule has 18 heavy (non-hydrogen) atoms. The van der Waals surface area contributed by atoms with Gasteiger partial charge < -0.3 is 4.74 Å². The first-order valence-corrected chi connectivity index (χ1v) is 8.33. The molecular weight excluding hydrogens is 341 g/mol. The van der Waals surface area contributed by atoms with Gasteiger partial charge in [0.25, 0.3) is 14.2 Å². The summed E-state index contributed by atoms with van der Waals surface area (Å²) in [6.45, 7) is 0. The number of halogens is 3. The zero-order chi connectivity index (χ0) is 13.3. The Bertz CT molecular complexity index is 671. The van der Waals surface area contributed by atoms with E-state index in [9.17, 15) is 8.42 Å². The van der Waals surface area contributed by atoms with E-state index in [1.165, 1.54) is 29.7 Å². The van der Waals surface area contributed by atoms with Gasteiger partial charge in [0.15, 0.2) is 5.75 Å². The smallest absolute Gasteiger partial charge is 0.278 e. The monoisotopic (exact) mass is 343 g/mol. The van der Waals surface area contributed by atoms with Gasteiger partial charge in [0.2, 0.25) is 0 Å². The summed E-state index contributed by atoms with van der Waals surface area (Å²) in [5.41, 5.74) is 0. The Labute approximate surface area is 122 Å². The van der Waals surface area contributed by atoms with Gasteiger partial charge in [-0.25, -0.2) is 13.4 Å². The van der Waals surface area contributed by atoms with Gasteiger partial charge in [-0.3, -0.25) is 0 Å². The molecule has 0 unspecified atom stereocenters. The third kappa shape index (κ3) is 3.07. The summed E-state index contributed by atoms with van der Waals surface area (Å²) >= 11 is 12.8. The standard InChI is InChI=1S/C9H4Cl3NO3S2/c10-5-3-6(11)8(7(4-5)18(12,14)15)16-9-13-1-2-17-9/h1-4H. The van der Waals surface area contributed by atoms with E-state index in [0.717, 1.165) is 0 Å². The number of rotatable bonds is 3. The molecule has 0 N–H and O–H groups in total. The molecule has 2 rings (SSSR count). The summed E-state index contributed by atoms with van der Waals surface area (Å²) < 4.78 is 28.2. The van der Waals surface area contributed by atoms with E-state index in [1.54, 1.807) is 5.38 Å².